The van der Waals surface area contributed by atoms with E-state index in [9.17, 15) is 5.11 Å². The van der Waals surface area contributed by atoms with Crippen molar-refractivity contribution in [2.75, 3.05) is 0 Å². The van der Waals surface area contributed by atoms with E-state index in [1.807, 2.05) is 60.7 Å². The fourth-order valence-electron chi connectivity index (χ4n) is 2.31. The molecule has 142 valence electrons. The van der Waals surface area contributed by atoms with Crippen molar-refractivity contribution in [1.82, 2.24) is 10.2 Å². The zero-order valence-electron chi connectivity index (χ0n) is 15.9. The van der Waals surface area contributed by atoms with E-state index >= 15 is 0 Å². The summed E-state index contributed by atoms with van der Waals surface area (Å²) in [5, 5.41) is 18.0. The first-order valence-corrected chi connectivity index (χ1v) is 8.96. The number of nitrogens with zero attached hydrogens (tertiary/aromatic N) is 2. The summed E-state index contributed by atoms with van der Waals surface area (Å²) < 4.78 is 11.7. The van der Waals surface area contributed by atoms with Crippen LogP contribution in [0.1, 0.15) is 30.7 Å². The largest absolute Gasteiger partial charge is 0.483 e. The molecule has 0 aliphatic rings. The lowest BCUT2D eigenvalue weighted by molar-refractivity contribution is 0.143. The van der Waals surface area contributed by atoms with Crippen LogP contribution >= 0.6 is 0 Å². The molecule has 2 aromatic carbocycles. The first kappa shape index (κ1) is 19.4. The van der Waals surface area contributed by atoms with E-state index in [1.165, 1.54) is 0 Å². The van der Waals surface area contributed by atoms with Crippen LogP contribution in [0.15, 0.2) is 66.7 Å². The first-order valence-electron chi connectivity index (χ1n) is 8.96. The topological polar surface area (TPSA) is 64.5 Å². The predicted octanol–water partition coefficient (Wildman–Crippen LogP) is 3.76. The zero-order valence-corrected chi connectivity index (χ0v) is 15.9. The molecule has 0 radical (unpaired) electrons. The summed E-state index contributed by atoms with van der Waals surface area (Å²) in [6.45, 7) is 3.94. The lowest BCUT2D eigenvalue weighted by atomic mass is 10.1. The van der Waals surface area contributed by atoms with Crippen molar-refractivity contribution in [1.29, 1.82) is 0 Å². The van der Waals surface area contributed by atoms with Crippen molar-refractivity contribution in [2.45, 2.75) is 32.7 Å². The lowest BCUT2D eigenvalue weighted by Crippen LogP contribution is -2.14. The van der Waals surface area contributed by atoms with E-state index in [4.69, 9.17) is 9.47 Å². The number of aliphatic hydroxyl groups is 1. The highest BCUT2D eigenvalue weighted by atomic mass is 16.5. The molecule has 0 aliphatic carbocycles. The molecule has 1 aromatic heterocycles. The number of benzene rings is 2. The molecular formula is C23H22N2O3. The Bertz CT molecular complexity index is 956. The van der Waals surface area contributed by atoms with Gasteiger partial charge in [0.2, 0.25) is 0 Å². The van der Waals surface area contributed by atoms with Crippen LogP contribution in [-0.2, 0) is 13.2 Å². The minimum Gasteiger partial charge on any atom is -0.483 e. The van der Waals surface area contributed by atoms with Gasteiger partial charge in [0.25, 0.3) is 5.88 Å². The van der Waals surface area contributed by atoms with Crippen molar-refractivity contribution in [3.63, 3.8) is 0 Å². The van der Waals surface area contributed by atoms with Crippen LogP contribution in [0, 0.1) is 11.8 Å². The van der Waals surface area contributed by atoms with Gasteiger partial charge in [0.15, 0.2) is 5.75 Å². The molecule has 3 rings (SSSR count). The maximum absolute atomic E-state index is 9.79. The molecule has 0 fully saturated rings. The summed E-state index contributed by atoms with van der Waals surface area (Å²) >= 11 is 0. The van der Waals surface area contributed by atoms with E-state index in [0.29, 0.717) is 30.5 Å². The molecule has 0 amide bonds. The van der Waals surface area contributed by atoms with Gasteiger partial charge in [0.1, 0.15) is 24.5 Å². The molecule has 0 bridgehead atoms. The average Bonchev–Trinajstić information content (AvgIpc) is 2.71. The molecule has 0 saturated heterocycles. The molecule has 5 heteroatoms. The normalized spacial score (nSPS) is 10.7. The van der Waals surface area contributed by atoms with Crippen LogP contribution in [0.3, 0.4) is 0 Å². The molecular weight excluding hydrogens is 352 g/mol. The number of aromatic nitrogens is 2. The van der Waals surface area contributed by atoms with Gasteiger partial charge in [-0.2, -0.15) is 0 Å². The summed E-state index contributed by atoms with van der Waals surface area (Å²) in [7, 11) is 0. The Hall–Kier alpha value is -3.36. The average molecular weight is 374 g/mol. The van der Waals surface area contributed by atoms with Crippen molar-refractivity contribution in [3.05, 3.63) is 83.6 Å². The van der Waals surface area contributed by atoms with Gasteiger partial charge >= 0.3 is 0 Å². The molecule has 28 heavy (non-hydrogen) atoms. The smallest absolute Gasteiger partial charge is 0.276 e. The molecule has 0 atom stereocenters. The number of hydrogen-bond donors (Lipinski definition) is 1. The minimum atomic E-state index is -1.12. The van der Waals surface area contributed by atoms with E-state index in [2.05, 4.69) is 22.0 Å². The molecule has 0 saturated carbocycles. The zero-order chi connectivity index (χ0) is 19.8. The molecule has 0 spiro atoms. The van der Waals surface area contributed by atoms with Gasteiger partial charge in [-0.15, -0.1) is 10.2 Å². The standard InChI is InChI=1S/C23H22N2O3/c1-23(2,26)14-13-20-15-21(27-16-18-9-5-3-6-10-18)22(25-24-20)28-17-19-11-7-4-8-12-19/h3-12,15,26H,16-17H2,1-2H3. The highest BCUT2D eigenvalue weighted by Crippen LogP contribution is 2.26. The SMILES string of the molecule is CC(C)(O)C#Cc1cc(OCc2ccccc2)c(OCc2ccccc2)nn1. The van der Waals surface area contributed by atoms with Crippen molar-refractivity contribution in [2.24, 2.45) is 0 Å². The van der Waals surface area contributed by atoms with E-state index < -0.39 is 5.60 Å². The van der Waals surface area contributed by atoms with Gasteiger partial charge < -0.3 is 14.6 Å². The maximum Gasteiger partial charge on any atom is 0.276 e. The third-order valence-electron chi connectivity index (χ3n) is 3.68. The monoisotopic (exact) mass is 374 g/mol. The third kappa shape index (κ3) is 6.11. The van der Waals surface area contributed by atoms with Crippen LogP contribution in [0.2, 0.25) is 0 Å². The Morgan fingerprint density at radius 3 is 2.00 bits per heavy atom. The third-order valence-corrected chi connectivity index (χ3v) is 3.68. The second-order valence-electron chi connectivity index (χ2n) is 6.76. The summed E-state index contributed by atoms with van der Waals surface area (Å²) in [5.74, 6) is 6.29. The Balaban J connectivity index is 1.80. The van der Waals surface area contributed by atoms with Crippen molar-refractivity contribution in [3.8, 4) is 23.5 Å². The van der Waals surface area contributed by atoms with Crippen molar-refractivity contribution < 1.29 is 14.6 Å². The van der Waals surface area contributed by atoms with Crippen LogP contribution in [-0.4, -0.2) is 20.9 Å². The van der Waals surface area contributed by atoms with Crippen LogP contribution in [0.4, 0.5) is 0 Å². The fraction of sp³-hybridized carbons (Fsp3) is 0.217. The van der Waals surface area contributed by atoms with E-state index in [-0.39, 0.29) is 0 Å². The van der Waals surface area contributed by atoms with Gasteiger partial charge in [-0.1, -0.05) is 66.6 Å². The quantitative estimate of drug-likeness (QED) is 0.666. The lowest BCUT2D eigenvalue weighted by Gasteiger charge is -2.12. The minimum absolute atomic E-state index is 0.300. The van der Waals surface area contributed by atoms with Crippen molar-refractivity contribution >= 4 is 0 Å². The Labute approximate surface area is 165 Å². The van der Waals surface area contributed by atoms with Crippen LogP contribution in [0.25, 0.3) is 0 Å². The molecule has 5 nitrogen and oxygen atoms in total. The molecule has 0 aliphatic heterocycles. The van der Waals surface area contributed by atoms with Gasteiger partial charge in [-0.05, 0) is 30.9 Å². The van der Waals surface area contributed by atoms with Gasteiger partial charge in [-0.25, -0.2) is 0 Å². The Morgan fingerprint density at radius 2 is 1.43 bits per heavy atom. The number of ether oxygens (including phenoxy) is 2. The van der Waals surface area contributed by atoms with Gasteiger partial charge in [0, 0.05) is 6.07 Å². The van der Waals surface area contributed by atoms with Crippen LogP contribution in [0.5, 0.6) is 11.6 Å². The summed E-state index contributed by atoms with van der Waals surface area (Å²) in [6.07, 6.45) is 0. The molecule has 1 N–H and O–H groups in total. The highest BCUT2D eigenvalue weighted by molar-refractivity contribution is 5.40. The fourth-order valence-corrected chi connectivity index (χ4v) is 2.31. The van der Waals surface area contributed by atoms with Crippen LogP contribution < -0.4 is 9.47 Å². The van der Waals surface area contributed by atoms with E-state index in [1.54, 1.807) is 19.9 Å². The Kier molecular flexibility index (Phi) is 6.25. The summed E-state index contributed by atoms with van der Waals surface area (Å²) in [5.41, 5.74) is 1.33. The number of hydrogen-bond acceptors (Lipinski definition) is 5. The maximum atomic E-state index is 9.79. The van der Waals surface area contributed by atoms with E-state index in [0.717, 1.165) is 11.1 Å². The first-order chi connectivity index (χ1) is 13.5. The Morgan fingerprint density at radius 1 is 0.857 bits per heavy atom. The van der Waals surface area contributed by atoms with Gasteiger partial charge in [-0.3, -0.25) is 0 Å². The van der Waals surface area contributed by atoms with Gasteiger partial charge in [0.05, 0.1) is 0 Å². The predicted molar refractivity (Wildman–Crippen MR) is 107 cm³/mol. The highest BCUT2D eigenvalue weighted by Gasteiger charge is 2.12. The summed E-state index contributed by atoms with van der Waals surface area (Å²) in [4.78, 5) is 0. The molecule has 3 aromatic rings. The number of rotatable bonds is 6. The second kappa shape index (κ2) is 9.03. The molecule has 0 unspecified atom stereocenters. The summed E-state index contributed by atoms with van der Waals surface area (Å²) in [6, 6.07) is 21.3. The molecule has 1 heterocycles. The second-order valence-corrected chi connectivity index (χ2v) is 6.76.